The second-order valence-electron chi connectivity index (χ2n) is 33.3. The molecule has 37 nitrogen and oxygen atoms in total. The summed E-state index contributed by atoms with van der Waals surface area (Å²) in [5, 5.41) is 56.5. The number of aromatic nitrogens is 4. The number of likely N-dealkylation sites (tertiary alicyclic amines) is 2. The van der Waals surface area contributed by atoms with Gasteiger partial charge in [-0.15, -0.1) is 0 Å². The molecule has 0 aliphatic carbocycles. The number of nitrogens with one attached hydrogen (secondary N) is 10. The molecular formula is C100H127N18O19Tc-. The third kappa shape index (κ3) is 40.3. The van der Waals surface area contributed by atoms with Crippen molar-refractivity contribution in [1.29, 1.82) is 0 Å². The molecule has 0 spiro atoms. The number of hydrogen-bond acceptors (Lipinski definition) is 22. The van der Waals surface area contributed by atoms with Crippen LogP contribution in [0.3, 0.4) is 0 Å². The number of para-hydroxylation sites is 2. The molecule has 8 aromatic rings. The molecular weight excluding hydrogens is 1860 g/mol. The summed E-state index contributed by atoms with van der Waals surface area (Å²) in [5.41, 5.74) is 8.81. The Morgan fingerprint density at radius 2 is 0.746 bits per heavy atom. The van der Waals surface area contributed by atoms with Crippen LogP contribution < -0.4 is 53.2 Å². The maximum absolute atomic E-state index is 14.1. The number of amides is 12. The van der Waals surface area contributed by atoms with E-state index in [4.69, 9.17) is 14.4 Å². The van der Waals surface area contributed by atoms with Gasteiger partial charge in [0, 0.05) is 118 Å². The molecule has 12 amide bonds. The number of carbonyl (C=O) groups is 13. The minimum atomic E-state index is -1.65. The maximum Gasteiger partial charge on any atom is 0.490 e. The van der Waals surface area contributed by atoms with Gasteiger partial charge < -0.3 is 87.9 Å². The van der Waals surface area contributed by atoms with Gasteiger partial charge in [-0.05, 0) is 217 Å². The predicted molar refractivity (Wildman–Crippen MR) is 516 cm³/mol. The molecule has 10 rings (SSSR count). The van der Waals surface area contributed by atoms with E-state index < -0.39 is 132 Å². The first-order valence-electron chi connectivity index (χ1n) is 44.7. The SMILES string of the molecule is C.Cc1ccccc1NC(=O)Nc1ccc(CC(=O)N[C@@H](CCCCN(Cc2ccccn2)Cc2ccccn2)C(=O)N[C@@H](CC(=O)O)C(=O)N[C@H](C(=O)N2CCC[C@H]2C(=O)O)C(C)C)cc1.Cc1ccccc1NC(=O)Nc1ccc(CC(=O)N[C@@H](CCCCN(Cc2ccccn2)Cc2ccccn2)C(=O)N[C@@H](CC(=O)O)C(=O)N[C@H](C(=O)N2CCC[C@H]2C)C(C)C)cc1.[CH+]=O.[CH-]=O.[CH-]=O.[Tc]. The second kappa shape index (κ2) is 62.4. The summed E-state index contributed by atoms with van der Waals surface area (Å²) in [5.74, 6) is -9.89. The Labute approximate surface area is 818 Å². The maximum atomic E-state index is 14.1. The van der Waals surface area contributed by atoms with Crippen LogP contribution in [-0.2, 0) is 126 Å². The summed E-state index contributed by atoms with van der Waals surface area (Å²) < 4.78 is 0. The molecule has 1 radical (unpaired) electrons. The van der Waals surface area contributed by atoms with Crippen LogP contribution in [0.25, 0.3) is 0 Å². The average molecular weight is 1980 g/mol. The molecule has 8 atom stereocenters. The van der Waals surface area contributed by atoms with Crippen molar-refractivity contribution in [3.63, 3.8) is 0 Å². The number of carboxylic acid groups (broad SMARTS) is 3. The van der Waals surface area contributed by atoms with E-state index in [9.17, 15) is 77.6 Å². The number of pyridine rings is 4. The summed E-state index contributed by atoms with van der Waals surface area (Å²) in [6, 6.07) is 41.3. The third-order valence-corrected chi connectivity index (χ3v) is 22.3. The van der Waals surface area contributed by atoms with Gasteiger partial charge >= 0.3 is 36.8 Å². The molecule has 2 saturated heterocycles. The molecule has 0 bridgehead atoms. The number of urea groups is 2. The van der Waals surface area contributed by atoms with E-state index in [1.807, 2.05) is 130 Å². The van der Waals surface area contributed by atoms with Gasteiger partial charge in [-0.25, -0.2) is 14.4 Å². The van der Waals surface area contributed by atoms with Crippen molar-refractivity contribution in [2.45, 2.75) is 220 Å². The van der Waals surface area contributed by atoms with Gasteiger partial charge in [0.2, 0.25) is 47.3 Å². The van der Waals surface area contributed by atoms with Crippen LogP contribution in [0.4, 0.5) is 32.3 Å². The molecule has 0 saturated carbocycles. The fourth-order valence-corrected chi connectivity index (χ4v) is 15.2. The van der Waals surface area contributed by atoms with Gasteiger partial charge in [0.1, 0.15) is 42.3 Å². The molecule has 38 heteroatoms. The minimum absolute atomic E-state index is 0. The molecule has 4 aromatic heterocycles. The van der Waals surface area contributed by atoms with Crippen LogP contribution in [-0.4, -0.2) is 227 Å². The largest absolute Gasteiger partial charge is 0.545 e. The average Bonchev–Trinajstić information content (AvgIpc) is 1.57. The first kappa shape index (κ1) is 116. The van der Waals surface area contributed by atoms with Crippen molar-refractivity contribution in [2.24, 2.45) is 11.8 Å². The second-order valence-corrected chi connectivity index (χ2v) is 33.3. The number of carboxylic acids is 3. The number of aryl methyl sites for hydroxylation is 2. The number of rotatable bonds is 45. The zero-order valence-corrected chi connectivity index (χ0v) is 79.7. The topological polar surface area (TPSA) is 519 Å². The van der Waals surface area contributed by atoms with Gasteiger partial charge in [0.15, 0.2) is 0 Å². The fraction of sp³-hybridized carbons (Fsp3) is 0.400. The van der Waals surface area contributed by atoms with E-state index in [-0.39, 0.29) is 84.0 Å². The van der Waals surface area contributed by atoms with E-state index in [1.54, 1.807) is 118 Å². The van der Waals surface area contributed by atoms with Crippen LogP contribution >= 0.6 is 0 Å². The molecule has 6 heterocycles. The quantitative estimate of drug-likeness (QED) is 0.00958. The monoisotopic (exact) mass is 1980 g/mol. The molecule has 2 fully saturated rings. The van der Waals surface area contributed by atoms with Crippen molar-refractivity contribution < 1.29 is 112 Å². The molecule has 739 valence electrons. The van der Waals surface area contributed by atoms with Gasteiger partial charge in [-0.1, -0.05) is 120 Å². The Kier molecular flexibility index (Phi) is 52.4. The number of anilines is 4. The Hall–Kier alpha value is -14.3. The Morgan fingerprint density at radius 3 is 1.06 bits per heavy atom. The van der Waals surface area contributed by atoms with E-state index in [1.165, 1.54) is 4.90 Å². The summed E-state index contributed by atoms with van der Waals surface area (Å²) in [6.07, 6.45) is 9.94. The van der Waals surface area contributed by atoms with Crippen molar-refractivity contribution in [1.82, 2.24) is 71.4 Å². The number of carbonyl (C=O) groups excluding carboxylic acids is 13. The van der Waals surface area contributed by atoms with Crippen molar-refractivity contribution in [3.05, 3.63) is 240 Å². The molecule has 0 unspecified atom stereocenters. The summed E-state index contributed by atoms with van der Waals surface area (Å²) in [7, 11) is 0. The number of unbranched alkanes of at least 4 members (excludes halogenated alkanes) is 2. The number of hydrogen-bond donors (Lipinski definition) is 13. The van der Waals surface area contributed by atoms with Crippen LogP contribution in [0.15, 0.2) is 195 Å². The van der Waals surface area contributed by atoms with Crippen molar-refractivity contribution in [3.8, 4) is 0 Å². The molecule has 2 aliphatic heterocycles. The summed E-state index contributed by atoms with van der Waals surface area (Å²) in [6.45, 7) is 26.5. The Morgan fingerprint density at radius 1 is 0.420 bits per heavy atom. The smallest absolute Gasteiger partial charge is 0.490 e. The molecule has 13 N–H and O–H groups in total. The molecule has 138 heavy (non-hydrogen) atoms. The van der Waals surface area contributed by atoms with E-state index in [0.29, 0.717) is 112 Å². The van der Waals surface area contributed by atoms with E-state index in [2.05, 4.69) is 103 Å². The third-order valence-electron chi connectivity index (χ3n) is 22.3. The summed E-state index contributed by atoms with van der Waals surface area (Å²) in [4.78, 5) is 220. The number of aliphatic carboxylic acids is 3. The standard InChI is InChI=1S/C48H59N9O9.C48H61N9O7.3CHO.CH4.Tc/c1-31(2)43(46(63)57-26-12-18-40(57)47(64)65)55-45(62)39(28-42(59)60)53-44(61)38(17-8-11-25-56(29-35-14-6-9-23-49-35)30-36-15-7-10-24-50-36)52-41(58)27-33-19-21-34(22-20-33)51-48(66)54-37-16-5-4-13-32(37)3;1-32(2)44(47(63)57-27-13-15-34(57)4)55-46(62)41(29-43(59)60)53-45(61)40(19-9-12-26-56(30-37-16-7-10-24-49-37)31-38-17-8-11-25-50-38)52-42(58)28-35-20-22-36(23-21-35)51-48(64)54-39-18-6-5-14-33(39)3;3*1-2;;/h4-7,9-10,13-16,19-24,31,38-40,43H,8,11-12,17-18,25-30H2,1-3H3,(H,52,58)(H,53,61)(H,55,62)(H,59,60)(H,64,65)(H2,51,54,66);5-8,10-11,14,16-18,20-25,32,34,40-41,44H,9,12-13,15,19,26-31H2,1-4H3,(H,52,58)(H,53,61)(H,55,62)(H,59,60)(H2,51,54,64);3*1H;1H4;/q;;2*-1;+1;;/t38-,39-,40-,43-;34-,40+,41+,44+;;;;;/m01...../s1. The van der Waals surface area contributed by atoms with E-state index in [0.717, 1.165) is 46.7 Å². The van der Waals surface area contributed by atoms with Crippen LogP contribution in [0, 0.1) is 25.7 Å². The zero-order chi connectivity index (χ0) is 99.6. The number of nitrogens with zero attached hydrogens (tertiary/aromatic N) is 8. The fourth-order valence-electron chi connectivity index (χ4n) is 15.2. The first-order valence-corrected chi connectivity index (χ1v) is 44.7. The minimum Gasteiger partial charge on any atom is -0.545 e. The van der Waals surface area contributed by atoms with Crippen LogP contribution in [0.2, 0.25) is 0 Å². The van der Waals surface area contributed by atoms with Crippen LogP contribution in [0.1, 0.15) is 164 Å². The number of benzene rings is 4. The van der Waals surface area contributed by atoms with Crippen LogP contribution in [0.5, 0.6) is 0 Å². The summed E-state index contributed by atoms with van der Waals surface area (Å²) >= 11 is 0. The Bertz CT molecular complexity index is 5070. The Balaban J connectivity index is 0.000000540. The zero-order valence-electron chi connectivity index (χ0n) is 77.9. The van der Waals surface area contributed by atoms with Gasteiger partial charge in [-0.3, -0.25) is 91.3 Å². The van der Waals surface area contributed by atoms with Gasteiger partial charge in [0.05, 0.1) is 48.5 Å². The first-order chi connectivity index (χ1) is 65.4. The normalized spacial score (nSPS) is 14.0. The van der Waals surface area contributed by atoms with Gasteiger partial charge in [-0.2, -0.15) is 0 Å². The van der Waals surface area contributed by atoms with E-state index >= 15 is 0 Å². The predicted octanol–water partition coefficient (Wildman–Crippen LogP) is 9.76. The van der Waals surface area contributed by atoms with Gasteiger partial charge in [0.25, 0.3) is 0 Å². The molecule has 2 aliphatic rings. The van der Waals surface area contributed by atoms with Crippen molar-refractivity contribution >= 4 is 120 Å². The molecule has 4 aromatic carbocycles. The van der Waals surface area contributed by atoms with Crippen molar-refractivity contribution in [2.75, 3.05) is 47.4 Å².